The fourth-order valence-corrected chi connectivity index (χ4v) is 0.896. The van der Waals surface area contributed by atoms with Gasteiger partial charge in [-0.15, -0.1) is 4.73 Å². The summed E-state index contributed by atoms with van der Waals surface area (Å²) < 4.78 is 0.547. The fraction of sp³-hybridized carbons (Fsp3) is 0.286. The van der Waals surface area contributed by atoms with Gasteiger partial charge in [0.15, 0.2) is 0 Å². The molecule has 0 saturated carbocycles. The van der Waals surface area contributed by atoms with Crippen molar-refractivity contribution in [3.8, 4) is 0 Å². The number of nitrogens with two attached hydrogens (primary N) is 1. The highest BCUT2D eigenvalue weighted by Gasteiger charge is 2.03. The van der Waals surface area contributed by atoms with Crippen LogP contribution in [-0.4, -0.2) is 17.0 Å². The van der Waals surface area contributed by atoms with Crippen LogP contribution in [0.15, 0.2) is 16.9 Å². The van der Waals surface area contributed by atoms with Gasteiger partial charge in [0, 0.05) is 6.54 Å². The van der Waals surface area contributed by atoms with Gasteiger partial charge in [0.05, 0.1) is 5.69 Å². The Kier molecular flexibility index (Phi) is 2.35. The number of nitrogen functional groups attached to an aromatic ring is 1. The normalized spacial score (nSPS) is 10.1. The molecule has 0 radical (unpaired) electrons. The summed E-state index contributed by atoms with van der Waals surface area (Å²) in [5, 5.41) is 12.0. The fourth-order valence-electron chi connectivity index (χ4n) is 0.896. The second-order valence-corrected chi connectivity index (χ2v) is 2.43. The number of hydrogen-bond donors (Lipinski definition) is 3. The lowest BCUT2D eigenvalue weighted by molar-refractivity contribution is 0.165. The van der Waals surface area contributed by atoms with Crippen LogP contribution in [0.1, 0.15) is 5.69 Å². The Balaban J connectivity index is 3.18. The quantitative estimate of drug-likeness (QED) is 0.516. The first-order valence-electron chi connectivity index (χ1n) is 3.51. The van der Waals surface area contributed by atoms with Crippen molar-refractivity contribution in [2.45, 2.75) is 6.54 Å². The van der Waals surface area contributed by atoms with Crippen molar-refractivity contribution in [1.82, 2.24) is 10.0 Å². The van der Waals surface area contributed by atoms with E-state index in [-0.39, 0.29) is 5.69 Å². The molecule has 0 aliphatic heterocycles. The summed E-state index contributed by atoms with van der Waals surface area (Å²) in [5.74, 6) is 0. The SMILES string of the molecule is CNCc1ccc(N)c(=O)n1O. The highest BCUT2D eigenvalue weighted by molar-refractivity contribution is 5.35. The van der Waals surface area contributed by atoms with Crippen molar-refractivity contribution in [1.29, 1.82) is 0 Å². The zero-order valence-electron chi connectivity index (χ0n) is 6.74. The summed E-state index contributed by atoms with van der Waals surface area (Å²) in [5.41, 5.74) is 5.21. The molecule has 0 fully saturated rings. The topological polar surface area (TPSA) is 80.3 Å². The van der Waals surface area contributed by atoms with Crippen molar-refractivity contribution in [2.24, 2.45) is 0 Å². The average molecular weight is 169 g/mol. The summed E-state index contributed by atoms with van der Waals surface area (Å²) in [6, 6.07) is 3.06. The standard InChI is InChI=1S/C7H11N3O2/c1-9-4-5-2-3-6(8)7(11)10(5)12/h2-3,9,12H,4,8H2,1H3. The van der Waals surface area contributed by atoms with Gasteiger partial charge >= 0.3 is 5.56 Å². The molecule has 0 atom stereocenters. The lowest BCUT2D eigenvalue weighted by atomic mass is 10.3. The van der Waals surface area contributed by atoms with Crippen LogP contribution in [0.4, 0.5) is 5.69 Å². The van der Waals surface area contributed by atoms with Gasteiger partial charge in [-0.3, -0.25) is 4.79 Å². The molecule has 0 aliphatic rings. The Labute approximate surface area is 69.4 Å². The molecule has 0 amide bonds. The number of rotatable bonds is 2. The Morgan fingerprint density at radius 3 is 2.92 bits per heavy atom. The Bertz CT molecular complexity index is 332. The zero-order chi connectivity index (χ0) is 9.14. The minimum absolute atomic E-state index is 0.0392. The van der Waals surface area contributed by atoms with Gasteiger partial charge < -0.3 is 16.3 Å². The summed E-state index contributed by atoms with van der Waals surface area (Å²) in [6.45, 7) is 0.423. The Morgan fingerprint density at radius 1 is 1.67 bits per heavy atom. The van der Waals surface area contributed by atoms with Crippen LogP contribution in [-0.2, 0) is 6.54 Å². The van der Waals surface area contributed by atoms with E-state index in [1.165, 1.54) is 6.07 Å². The van der Waals surface area contributed by atoms with E-state index >= 15 is 0 Å². The van der Waals surface area contributed by atoms with Gasteiger partial charge in [-0.05, 0) is 19.2 Å². The molecule has 0 saturated heterocycles. The molecule has 1 aromatic heterocycles. The van der Waals surface area contributed by atoms with Crippen LogP contribution in [0.2, 0.25) is 0 Å². The van der Waals surface area contributed by atoms with E-state index in [4.69, 9.17) is 5.73 Å². The van der Waals surface area contributed by atoms with Crippen molar-refractivity contribution in [2.75, 3.05) is 12.8 Å². The molecule has 0 aliphatic carbocycles. The van der Waals surface area contributed by atoms with E-state index in [9.17, 15) is 10.0 Å². The molecule has 5 nitrogen and oxygen atoms in total. The van der Waals surface area contributed by atoms with Crippen molar-refractivity contribution in [3.05, 3.63) is 28.2 Å². The number of aromatic nitrogens is 1. The van der Waals surface area contributed by atoms with E-state index in [2.05, 4.69) is 5.32 Å². The van der Waals surface area contributed by atoms with Gasteiger partial charge in [0.1, 0.15) is 5.69 Å². The first kappa shape index (κ1) is 8.61. The molecule has 1 aromatic rings. The maximum atomic E-state index is 11.0. The zero-order valence-corrected chi connectivity index (χ0v) is 6.74. The van der Waals surface area contributed by atoms with Gasteiger partial charge in [0.2, 0.25) is 0 Å². The second kappa shape index (κ2) is 3.27. The first-order valence-corrected chi connectivity index (χ1v) is 3.51. The number of hydrogen-bond acceptors (Lipinski definition) is 4. The van der Waals surface area contributed by atoms with Crippen LogP contribution in [0.25, 0.3) is 0 Å². The van der Waals surface area contributed by atoms with Crippen LogP contribution in [0.5, 0.6) is 0 Å². The lowest BCUT2D eigenvalue weighted by Crippen LogP contribution is -2.25. The molecule has 0 bridgehead atoms. The van der Waals surface area contributed by atoms with Gasteiger partial charge in [-0.25, -0.2) is 0 Å². The van der Waals surface area contributed by atoms with E-state index < -0.39 is 5.56 Å². The molecule has 1 rings (SSSR count). The largest absolute Gasteiger partial charge is 0.425 e. The van der Waals surface area contributed by atoms with Gasteiger partial charge in [0.25, 0.3) is 0 Å². The van der Waals surface area contributed by atoms with Crippen molar-refractivity contribution >= 4 is 5.69 Å². The molecule has 5 heteroatoms. The maximum Gasteiger partial charge on any atom is 0.306 e. The molecular weight excluding hydrogens is 158 g/mol. The minimum atomic E-state index is -0.581. The lowest BCUT2D eigenvalue weighted by Gasteiger charge is -2.05. The Morgan fingerprint density at radius 2 is 2.33 bits per heavy atom. The van der Waals surface area contributed by atoms with E-state index in [0.717, 1.165) is 0 Å². The van der Waals surface area contributed by atoms with Crippen LogP contribution in [0.3, 0.4) is 0 Å². The molecule has 66 valence electrons. The van der Waals surface area contributed by atoms with Crippen LogP contribution >= 0.6 is 0 Å². The molecular formula is C7H11N3O2. The van der Waals surface area contributed by atoms with Gasteiger partial charge in [-0.2, -0.15) is 0 Å². The molecule has 12 heavy (non-hydrogen) atoms. The van der Waals surface area contributed by atoms with Crippen molar-refractivity contribution < 1.29 is 5.21 Å². The third kappa shape index (κ3) is 1.40. The molecule has 4 N–H and O–H groups in total. The highest BCUT2D eigenvalue weighted by atomic mass is 16.5. The smallest absolute Gasteiger partial charge is 0.306 e. The summed E-state index contributed by atoms with van der Waals surface area (Å²) in [6.07, 6.45) is 0. The molecule has 0 spiro atoms. The predicted molar refractivity (Wildman–Crippen MR) is 45.1 cm³/mol. The number of pyridine rings is 1. The van der Waals surface area contributed by atoms with E-state index in [1.54, 1.807) is 13.1 Å². The van der Waals surface area contributed by atoms with Crippen LogP contribution < -0.4 is 16.6 Å². The number of nitrogens with zero attached hydrogens (tertiary/aromatic N) is 1. The summed E-state index contributed by atoms with van der Waals surface area (Å²) in [7, 11) is 1.72. The number of nitrogens with one attached hydrogen (secondary N) is 1. The minimum Gasteiger partial charge on any atom is -0.425 e. The summed E-state index contributed by atoms with van der Waals surface area (Å²) in [4.78, 5) is 11.0. The van der Waals surface area contributed by atoms with Crippen molar-refractivity contribution in [3.63, 3.8) is 0 Å². The first-order chi connectivity index (χ1) is 5.66. The number of anilines is 1. The summed E-state index contributed by atoms with van der Waals surface area (Å²) >= 11 is 0. The third-order valence-corrected chi connectivity index (χ3v) is 1.52. The average Bonchev–Trinajstić information content (AvgIpc) is 2.07. The third-order valence-electron chi connectivity index (χ3n) is 1.52. The highest BCUT2D eigenvalue weighted by Crippen LogP contribution is 1.97. The molecule has 0 aromatic carbocycles. The Hall–Kier alpha value is -1.49. The van der Waals surface area contributed by atoms with Gasteiger partial charge in [-0.1, -0.05) is 0 Å². The molecule has 1 heterocycles. The van der Waals surface area contributed by atoms with Crippen LogP contribution in [0, 0.1) is 0 Å². The van der Waals surface area contributed by atoms with E-state index in [1.807, 2.05) is 0 Å². The monoisotopic (exact) mass is 169 g/mol. The second-order valence-electron chi connectivity index (χ2n) is 2.43. The van der Waals surface area contributed by atoms with E-state index in [0.29, 0.717) is 17.0 Å². The predicted octanol–water partition coefficient (Wildman–Crippen LogP) is -0.613. The maximum absolute atomic E-state index is 11.0. The molecule has 0 unspecified atom stereocenters.